The number of aliphatic hydroxyl groups excluding tert-OH is 1. The highest BCUT2D eigenvalue weighted by atomic mass is 16.3. The maximum Gasteiger partial charge on any atom is 0.271 e. The maximum atomic E-state index is 12.6. The van der Waals surface area contributed by atoms with E-state index in [0.717, 1.165) is 37.5 Å². The van der Waals surface area contributed by atoms with Gasteiger partial charge >= 0.3 is 0 Å². The molecule has 8 nitrogen and oxygen atoms in total. The molecule has 4 N–H and O–H groups in total. The highest BCUT2D eigenvalue weighted by Crippen LogP contribution is 2.58. The predicted octanol–water partition coefficient (Wildman–Crippen LogP) is -0.0956. The Morgan fingerprint density at radius 3 is 2.59 bits per heavy atom. The largest absolute Gasteiger partial charge is 0.389 e. The van der Waals surface area contributed by atoms with Gasteiger partial charge in [-0.15, -0.1) is 0 Å². The lowest BCUT2D eigenvalue weighted by Gasteiger charge is -2.58. The SMILES string of the molecule is O=C(NCC1(O)C2CC3CC(C2)CC1C3)c1cc2n(n1)C[C@@H](O)CNC2=O. The molecule has 0 radical (unpaired) electrons. The van der Waals surface area contributed by atoms with Crippen molar-refractivity contribution >= 4 is 11.8 Å². The fourth-order valence-corrected chi connectivity index (χ4v) is 6.02. The standard InChI is InChI=1S/C19H26N4O4/c24-14-7-20-18(26)16-6-15(22-23(16)8-14)17(25)21-9-19(27)12-2-10-1-11(4-12)5-13(19)3-10/h6,10-14,24,27H,1-5,7-9H2,(H,20,26)(H,21,25)/t10?,11?,12?,13?,14-,19?/m0/s1. The Morgan fingerprint density at radius 1 is 1.26 bits per heavy atom. The fourth-order valence-electron chi connectivity index (χ4n) is 6.02. The number of β-amino-alcohol motifs (C(OH)–C–C–N with tert-alkyl or cyclic N) is 1. The number of amides is 2. The van der Waals surface area contributed by atoms with Crippen LogP contribution in [-0.2, 0) is 6.54 Å². The molecule has 1 aliphatic heterocycles. The molecule has 0 saturated heterocycles. The zero-order chi connectivity index (χ0) is 18.8. The number of carbonyl (C=O) groups excluding carboxylic acids is 2. The van der Waals surface area contributed by atoms with Gasteiger partial charge in [0.1, 0.15) is 5.69 Å². The highest BCUT2D eigenvalue weighted by Gasteiger charge is 2.56. The molecule has 27 heavy (non-hydrogen) atoms. The second-order valence-corrected chi connectivity index (χ2v) is 8.94. The van der Waals surface area contributed by atoms with Crippen molar-refractivity contribution in [3.63, 3.8) is 0 Å². The molecule has 0 aromatic carbocycles. The molecule has 2 heterocycles. The fraction of sp³-hybridized carbons (Fsp3) is 0.737. The zero-order valence-corrected chi connectivity index (χ0v) is 15.2. The van der Waals surface area contributed by atoms with Crippen LogP contribution in [0.5, 0.6) is 0 Å². The van der Waals surface area contributed by atoms with Gasteiger partial charge in [-0.1, -0.05) is 0 Å². The molecule has 1 atom stereocenters. The van der Waals surface area contributed by atoms with Gasteiger partial charge in [0.15, 0.2) is 5.69 Å². The first-order chi connectivity index (χ1) is 12.9. The lowest BCUT2D eigenvalue weighted by molar-refractivity contribution is -0.168. The van der Waals surface area contributed by atoms with Crippen LogP contribution >= 0.6 is 0 Å². The van der Waals surface area contributed by atoms with Gasteiger partial charge in [-0.2, -0.15) is 5.10 Å². The third kappa shape index (κ3) is 2.77. The van der Waals surface area contributed by atoms with Crippen LogP contribution in [-0.4, -0.2) is 56.6 Å². The Morgan fingerprint density at radius 2 is 1.93 bits per heavy atom. The van der Waals surface area contributed by atoms with Crippen molar-refractivity contribution in [3.05, 3.63) is 17.5 Å². The number of carbonyl (C=O) groups is 2. The Kier molecular flexibility index (Phi) is 3.84. The molecule has 0 unspecified atom stereocenters. The first kappa shape index (κ1) is 17.2. The Labute approximate surface area is 157 Å². The van der Waals surface area contributed by atoms with Gasteiger partial charge in [-0.05, 0) is 55.8 Å². The maximum absolute atomic E-state index is 12.6. The highest BCUT2D eigenvalue weighted by molar-refractivity contribution is 5.98. The molecular formula is C19H26N4O4. The van der Waals surface area contributed by atoms with Crippen molar-refractivity contribution in [1.29, 1.82) is 0 Å². The van der Waals surface area contributed by atoms with E-state index in [9.17, 15) is 19.8 Å². The monoisotopic (exact) mass is 374 g/mol. The van der Waals surface area contributed by atoms with Gasteiger partial charge in [0.25, 0.3) is 11.8 Å². The van der Waals surface area contributed by atoms with Gasteiger partial charge in [-0.3, -0.25) is 14.3 Å². The molecule has 4 bridgehead atoms. The predicted molar refractivity (Wildman–Crippen MR) is 94.9 cm³/mol. The van der Waals surface area contributed by atoms with Crippen LogP contribution in [0.25, 0.3) is 0 Å². The summed E-state index contributed by atoms with van der Waals surface area (Å²) in [6.45, 7) is 0.567. The van der Waals surface area contributed by atoms with Crippen LogP contribution in [0.2, 0.25) is 0 Å². The summed E-state index contributed by atoms with van der Waals surface area (Å²) in [6.07, 6.45) is 4.84. The molecule has 4 aliphatic carbocycles. The van der Waals surface area contributed by atoms with Crippen LogP contribution < -0.4 is 10.6 Å². The molecule has 4 saturated carbocycles. The molecular weight excluding hydrogens is 348 g/mol. The lowest BCUT2D eigenvalue weighted by Crippen LogP contribution is -2.62. The van der Waals surface area contributed by atoms with Gasteiger partial charge in [0, 0.05) is 19.2 Å². The molecule has 0 spiro atoms. The van der Waals surface area contributed by atoms with Crippen molar-refractivity contribution in [2.24, 2.45) is 23.7 Å². The van der Waals surface area contributed by atoms with Crippen molar-refractivity contribution in [2.75, 3.05) is 13.1 Å². The van der Waals surface area contributed by atoms with E-state index >= 15 is 0 Å². The molecule has 146 valence electrons. The number of hydrogen-bond donors (Lipinski definition) is 4. The van der Waals surface area contributed by atoms with Gasteiger partial charge in [0.05, 0.1) is 18.2 Å². The van der Waals surface area contributed by atoms with Crippen LogP contribution in [0.15, 0.2) is 6.07 Å². The number of rotatable bonds is 3. The topological polar surface area (TPSA) is 116 Å². The second kappa shape index (κ2) is 6.04. The van der Waals surface area contributed by atoms with E-state index in [2.05, 4.69) is 15.7 Å². The molecule has 6 rings (SSSR count). The number of nitrogens with one attached hydrogen (secondary N) is 2. The van der Waals surface area contributed by atoms with Crippen molar-refractivity contribution in [3.8, 4) is 0 Å². The minimum absolute atomic E-state index is 0.140. The summed E-state index contributed by atoms with van der Waals surface area (Å²) in [5.74, 6) is 1.30. The molecule has 8 heteroatoms. The molecule has 4 fully saturated rings. The minimum atomic E-state index is -0.826. The zero-order valence-electron chi connectivity index (χ0n) is 15.2. The summed E-state index contributed by atoms with van der Waals surface area (Å²) >= 11 is 0. The summed E-state index contributed by atoms with van der Waals surface area (Å²) in [5, 5.41) is 30.8. The van der Waals surface area contributed by atoms with Crippen LogP contribution in [0.4, 0.5) is 0 Å². The van der Waals surface area contributed by atoms with Gasteiger partial charge in [0.2, 0.25) is 0 Å². The van der Waals surface area contributed by atoms with E-state index in [4.69, 9.17) is 0 Å². The van der Waals surface area contributed by atoms with Crippen molar-refractivity contribution in [2.45, 2.75) is 50.4 Å². The van der Waals surface area contributed by atoms with Crippen LogP contribution in [0, 0.1) is 23.7 Å². The average molecular weight is 374 g/mol. The number of aliphatic hydroxyl groups is 2. The van der Waals surface area contributed by atoms with E-state index in [-0.39, 0.29) is 54.7 Å². The second-order valence-electron chi connectivity index (χ2n) is 8.94. The molecule has 1 aromatic heterocycles. The Balaban J connectivity index is 1.30. The van der Waals surface area contributed by atoms with E-state index in [1.165, 1.54) is 17.2 Å². The first-order valence-corrected chi connectivity index (χ1v) is 9.97. The summed E-state index contributed by atoms with van der Waals surface area (Å²) in [7, 11) is 0. The average Bonchev–Trinajstić information content (AvgIpc) is 3.00. The third-order valence-electron chi connectivity index (χ3n) is 7.21. The number of hydrogen-bond acceptors (Lipinski definition) is 5. The number of fused-ring (bicyclic) bond motifs is 1. The number of nitrogens with zero attached hydrogens (tertiary/aromatic N) is 2. The van der Waals surface area contributed by atoms with E-state index in [1.54, 1.807) is 0 Å². The Bertz CT molecular complexity index is 761. The normalized spacial score (nSPS) is 39.6. The van der Waals surface area contributed by atoms with Crippen LogP contribution in [0.3, 0.4) is 0 Å². The van der Waals surface area contributed by atoms with Crippen LogP contribution in [0.1, 0.15) is 53.1 Å². The summed E-state index contributed by atoms with van der Waals surface area (Å²) in [5.41, 5.74) is -0.417. The van der Waals surface area contributed by atoms with E-state index < -0.39 is 11.7 Å². The van der Waals surface area contributed by atoms with E-state index in [0.29, 0.717) is 0 Å². The molecule has 1 aromatic rings. The van der Waals surface area contributed by atoms with Crippen molar-refractivity contribution in [1.82, 2.24) is 20.4 Å². The summed E-state index contributed by atoms with van der Waals surface area (Å²) in [6, 6.07) is 1.45. The minimum Gasteiger partial charge on any atom is -0.389 e. The summed E-state index contributed by atoms with van der Waals surface area (Å²) in [4.78, 5) is 24.7. The quantitative estimate of drug-likeness (QED) is 0.590. The Hall–Kier alpha value is -1.93. The first-order valence-electron chi connectivity index (χ1n) is 9.97. The number of aromatic nitrogens is 2. The summed E-state index contributed by atoms with van der Waals surface area (Å²) < 4.78 is 1.37. The smallest absolute Gasteiger partial charge is 0.271 e. The molecule has 5 aliphatic rings. The van der Waals surface area contributed by atoms with E-state index in [1.807, 2.05) is 0 Å². The van der Waals surface area contributed by atoms with Crippen molar-refractivity contribution < 1.29 is 19.8 Å². The van der Waals surface area contributed by atoms with Gasteiger partial charge < -0.3 is 20.8 Å². The third-order valence-corrected chi connectivity index (χ3v) is 7.21. The van der Waals surface area contributed by atoms with Gasteiger partial charge in [-0.25, -0.2) is 0 Å². The lowest BCUT2D eigenvalue weighted by atomic mass is 9.50. The molecule has 2 amide bonds.